The Hall–Kier alpha value is -4.35. The Labute approximate surface area is 266 Å². The zero-order chi connectivity index (χ0) is 31.1. The van der Waals surface area contributed by atoms with E-state index in [0.717, 1.165) is 82.7 Å². The number of rotatable bonds is 7. The molecule has 0 bridgehead atoms. The molecule has 0 aliphatic carbocycles. The third-order valence-electron chi connectivity index (χ3n) is 8.76. The van der Waals surface area contributed by atoms with Gasteiger partial charge in [0.05, 0.1) is 22.5 Å². The lowest BCUT2D eigenvalue weighted by molar-refractivity contribution is 0.101. The summed E-state index contributed by atoms with van der Waals surface area (Å²) in [6.07, 6.45) is 5.07. The summed E-state index contributed by atoms with van der Waals surface area (Å²) >= 11 is 6.95. The molecule has 2 aliphatic heterocycles. The van der Waals surface area contributed by atoms with Crippen molar-refractivity contribution in [3.63, 3.8) is 0 Å². The number of likely N-dealkylation sites (tertiary alicyclic amines) is 1. The number of carbonyl (C=O) groups is 1. The molecule has 0 radical (unpaired) electrons. The number of nitrogens with one attached hydrogen (secondary N) is 3. The number of benzene rings is 2. The average Bonchev–Trinajstić information content (AvgIpc) is 3.61. The molecule has 10 nitrogen and oxygen atoms in total. The zero-order valence-corrected chi connectivity index (χ0v) is 26.0. The fourth-order valence-corrected chi connectivity index (χ4v) is 6.64. The Morgan fingerprint density at radius 3 is 2.76 bits per heavy atom. The highest BCUT2D eigenvalue weighted by Crippen LogP contribution is 2.38. The number of aliphatic hydroxyl groups excluding tert-OH is 1. The Morgan fingerprint density at radius 1 is 1.13 bits per heavy atom. The Kier molecular flexibility index (Phi) is 7.97. The van der Waals surface area contributed by atoms with Gasteiger partial charge in [-0.15, -0.1) is 0 Å². The molecule has 0 spiro atoms. The number of halogens is 1. The molecule has 5 aromatic rings. The number of fused-ring (bicyclic) bond motifs is 2. The largest absolute Gasteiger partial charge is 0.392 e. The lowest BCUT2D eigenvalue weighted by Crippen LogP contribution is -2.24. The number of anilines is 3. The first-order valence-corrected chi connectivity index (χ1v) is 15.6. The molecule has 0 unspecified atom stereocenters. The minimum atomic E-state index is -0.297. The van der Waals surface area contributed by atoms with Crippen LogP contribution in [-0.2, 0) is 26.6 Å². The van der Waals surface area contributed by atoms with Crippen molar-refractivity contribution in [1.29, 1.82) is 0 Å². The molecular formula is C34H35ClN8O2. The van der Waals surface area contributed by atoms with Gasteiger partial charge in [-0.1, -0.05) is 35.9 Å². The predicted octanol–water partition coefficient (Wildman–Crippen LogP) is 5.20. The number of hydrogen-bond acceptors (Lipinski definition) is 8. The van der Waals surface area contributed by atoms with Crippen LogP contribution in [0.2, 0.25) is 5.02 Å². The van der Waals surface area contributed by atoms with Gasteiger partial charge in [0.2, 0.25) is 0 Å². The summed E-state index contributed by atoms with van der Waals surface area (Å²) in [6, 6.07) is 15.7. The molecule has 11 heteroatoms. The van der Waals surface area contributed by atoms with Crippen molar-refractivity contribution >= 4 is 45.6 Å². The number of aromatic nitrogens is 4. The molecule has 1 atom stereocenters. The standard InChI is InChI=1S/C34H35ClN8O2/c1-20-24(25-6-4-8-27(30(25)35)41-34(45)33-40-28-17-36-12-10-29(28)42(33)2)5-3-7-26(20)39-32-31-22(9-13-37-32)15-21(16-38-31)18-43-14-11-23(44)19-43/h3-9,13,15-16,23,36,44H,10-12,14,17-19H2,1-2H3,(H,37,39)(H,41,45)/t23-/m1/s1. The van der Waals surface area contributed by atoms with Crippen LogP contribution in [0.5, 0.6) is 0 Å². The third kappa shape index (κ3) is 5.78. The minimum Gasteiger partial charge on any atom is -0.392 e. The molecule has 1 saturated heterocycles. The van der Waals surface area contributed by atoms with E-state index < -0.39 is 0 Å². The first-order chi connectivity index (χ1) is 21.9. The van der Waals surface area contributed by atoms with Crippen LogP contribution in [0.15, 0.2) is 60.9 Å². The molecule has 2 aromatic carbocycles. The normalized spacial score (nSPS) is 16.6. The SMILES string of the molecule is Cc1c(Nc2nccc3cc(CN4CC[C@@H](O)C4)cnc23)cccc1-c1cccc(NC(=O)c2nc3c(n2C)CCNC3)c1Cl. The average molecular weight is 623 g/mol. The maximum absolute atomic E-state index is 13.3. The van der Waals surface area contributed by atoms with Gasteiger partial charge >= 0.3 is 0 Å². The summed E-state index contributed by atoms with van der Waals surface area (Å²) in [5.74, 6) is 0.732. The number of β-amino-alcohol motifs (C(OH)–C–C–N with tert-alkyl or cyclic N) is 1. The van der Waals surface area contributed by atoms with E-state index in [9.17, 15) is 9.90 Å². The summed E-state index contributed by atoms with van der Waals surface area (Å²) in [6.45, 7) is 5.90. The van der Waals surface area contributed by atoms with Crippen molar-refractivity contribution in [2.75, 3.05) is 30.3 Å². The van der Waals surface area contributed by atoms with Crippen LogP contribution in [0.3, 0.4) is 0 Å². The molecule has 1 amide bonds. The van der Waals surface area contributed by atoms with Gasteiger partial charge in [-0.25, -0.2) is 9.97 Å². The van der Waals surface area contributed by atoms with E-state index in [0.29, 0.717) is 35.4 Å². The van der Waals surface area contributed by atoms with Crippen molar-refractivity contribution in [1.82, 2.24) is 29.7 Å². The van der Waals surface area contributed by atoms with E-state index >= 15 is 0 Å². The molecule has 2 aliphatic rings. The predicted molar refractivity (Wildman–Crippen MR) is 177 cm³/mol. The highest BCUT2D eigenvalue weighted by molar-refractivity contribution is 6.36. The van der Waals surface area contributed by atoms with Crippen LogP contribution >= 0.6 is 11.6 Å². The second-order valence-electron chi connectivity index (χ2n) is 11.8. The second-order valence-corrected chi connectivity index (χ2v) is 12.2. The second kappa shape index (κ2) is 12.2. The van der Waals surface area contributed by atoms with Crippen LogP contribution < -0.4 is 16.0 Å². The maximum Gasteiger partial charge on any atom is 0.291 e. The number of nitrogens with zero attached hydrogens (tertiary/aromatic N) is 5. The molecule has 4 N–H and O–H groups in total. The van der Waals surface area contributed by atoms with Gasteiger partial charge in [0.1, 0.15) is 5.52 Å². The van der Waals surface area contributed by atoms with E-state index in [1.165, 1.54) is 0 Å². The molecular weight excluding hydrogens is 588 g/mol. The number of hydrogen-bond donors (Lipinski definition) is 4. The summed E-state index contributed by atoms with van der Waals surface area (Å²) in [4.78, 5) is 29.5. The first kappa shape index (κ1) is 29.4. The van der Waals surface area contributed by atoms with Gasteiger partial charge in [0.25, 0.3) is 5.91 Å². The summed E-state index contributed by atoms with van der Waals surface area (Å²) in [5.41, 5.74) is 8.00. The highest BCUT2D eigenvalue weighted by atomic mass is 35.5. The first-order valence-electron chi connectivity index (χ1n) is 15.2. The summed E-state index contributed by atoms with van der Waals surface area (Å²) in [5, 5.41) is 21.1. The number of amides is 1. The van der Waals surface area contributed by atoms with Crippen molar-refractivity contribution in [2.24, 2.45) is 7.05 Å². The van der Waals surface area contributed by atoms with E-state index in [1.807, 2.05) is 61.1 Å². The zero-order valence-electron chi connectivity index (χ0n) is 25.3. The Bertz CT molecular complexity index is 1920. The van der Waals surface area contributed by atoms with Crippen LogP contribution in [0.1, 0.15) is 39.6 Å². The number of pyridine rings is 2. The fraction of sp³-hybridized carbons (Fsp3) is 0.294. The molecule has 5 heterocycles. The quantitative estimate of drug-likeness (QED) is 0.196. The molecule has 7 rings (SSSR count). The Morgan fingerprint density at radius 2 is 1.96 bits per heavy atom. The smallest absolute Gasteiger partial charge is 0.291 e. The van der Waals surface area contributed by atoms with E-state index in [2.05, 4.69) is 36.9 Å². The van der Waals surface area contributed by atoms with Gasteiger partial charge in [-0.2, -0.15) is 0 Å². The van der Waals surface area contributed by atoms with Crippen LogP contribution in [0, 0.1) is 6.92 Å². The van der Waals surface area contributed by atoms with Crippen molar-refractivity contribution in [2.45, 2.75) is 39.0 Å². The van der Waals surface area contributed by atoms with Gasteiger partial charge in [-0.3, -0.25) is 14.7 Å². The number of carbonyl (C=O) groups excluding carboxylic acids is 1. The third-order valence-corrected chi connectivity index (χ3v) is 9.17. The molecule has 0 saturated carbocycles. The molecule has 1 fully saturated rings. The topological polar surface area (TPSA) is 120 Å². The lowest BCUT2D eigenvalue weighted by atomic mass is 9.98. The van der Waals surface area contributed by atoms with E-state index in [-0.39, 0.29) is 12.0 Å². The number of aliphatic hydroxyl groups is 1. The molecule has 45 heavy (non-hydrogen) atoms. The maximum atomic E-state index is 13.3. The molecule has 3 aromatic heterocycles. The van der Waals surface area contributed by atoms with Crippen molar-refractivity contribution in [3.8, 4) is 11.1 Å². The van der Waals surface area contributed by atoms with Crippen LogP contribution in [0.25, 0.3) is 22.0 Å². The van der Waals surface area contributed by atoms with Gasteiger partial charge in [0.15, 0.2) is 11.6 Å². The highest BCUT2D eigenvalue weighted by Gasteiger charge is 2.23. The minimum absolute atomic E-state index is 0.247. The van der Waals surface area contributed by atoms with Gasteiger partial charge in [0, 0.05) is 80.9 Å². The Balaban J connectivity index is 1.13. The fourth-order valence-electron chi connectivity index (χ4n) is 6.36. The van der Waals surface area contributed by atoms with Crippen molar-refractivity contribution in [3.05, 3.63) is 94.3 Å². The van der Waals surface area contributed by atoms with Gasteiger partial charge < -0.3 is 25.6 Å². The summed E-state index contributed by atoms with van der Waals surface area (Å²) in [7, 11) is 1.88. The summed E-state index contributed by atoms with van der Waals surface area (Å²) < 4.78 is 1.87. The van der Waals surface area contributed by atoms with Crippen molar-refractivity contribution < 1.29 is 9.90 Å². The van der Waals surface area contributed by atoms with E-state index in [4.69, 9.17) is 16.6 Å². The van der Waals surface area contributed by atoms with Gasteiger partial charge in [-0.05, 0) is 54.3 Å². The molecule has 230 valence electrons. The monoisotopic (exact) mass is 622 g/mol. The van der Waals surface area contributed by atoms with Crippen LogP contribution in [0.4, 0.5) is 17.2 Å². The number of imidazole rings is 1. The van der Waals surface area contributed by atoms with Crippen LogP contribution in [-0.4, -0.2) is 61.2 Å². The lowest BCUT2D eigenvalue weighted by Gasteiger charge is -2.17. The van der Waals surface area contributed by atoms with E-state index in [1.54, 1.807) is 12.3 Å².